The van der Waals surface area contributed by atoms with Gasteiger partial charge < -0.3 is 15.3 Å². The van der Waals surface area contributed by atoms with Gasteiger partial charge in [-0.25, -0.2) is 0 Å². The quantitative estimate of drug-likeness (QED) is 0.877. The predicted octanol–water partition coefficient (Wildman–Crippen LogP) is 2.29. The Hall–Kier alpha value is -2.37. The van der Waals surface area contributed by atoms with Crippen molar-refractivity contribution in [3.63, 3.8) is 0 Å². The van der Waals surface area contributed by atoms with E-state index in [0.29, 0.717) is 25.7 Å². The van der Waals surface area contributed by atoms with Crippen LogP contribution in [0.1, 0.15) is 38.2 Å². The summed E-state index contributed by atoms with van der Waals surface area (Å²) in [5, 5.41) is 12.1. The van der Waals surface area contributed by atoms with E-state index >= 15 is 0 Å². The summed E-state index contributed by atoms with van der Waals surface area (Å²) < 4.78 is 0. The van der Waals surface area contributed by atoms with E-state index in [-0.39, 0.29) is 36.7 Å². The van der Waals surface area contributed by atoms with Crippen molar-refractivity contribution in [2.75, 3.05) is 11.9 Å². The molecule has 134 valence electrons. The van der Waals surface area contributed by atoms with E-state index in [4.69, 9.17) is 0 Å². The highest BCUT2D eigenvalue weighted by molar-refractivity contribution is 5.96. The number of nitrogens with one attached hydrogen (secondary N) is 1. The van der Waals surface area contributed by atoms with Gasteiger partial charge in [-0.15, -0.1) is 0 Å². The summed E-state index contributed by atoms with van der Waals surface area (Å²) in [5.41, 5.74) is 1.95. The minimum Gasteiger partial charge on any atom is -0.481 e. The molecule has 0 aliphatic carbocycles. The minimum atomic E-state index is -0.840. The number of carboxylic acids is 1. The minimum absolute atomic E-state index is 0.0402. The fourth-order valence-electron chi connectivity index (χ4n) is 3.74. The molecule has 2 aliphatic heterocycles. The van der Waals surface area contributed by atoms with Crippen LogP contribution < -0.4 is 5.32 Å². The molecule has 3 atom stereocenters. The molecular formula is C19H24N2O4. The number of para-hydroxylation sites is 1. The average Bonchev–Trinajstić information content (AvgIpc) is 2.59. The molecular weight excluding hydrogens is 320 g/mol. The van der Waals surface area contributed by atoms with E-state index in [9.17, 15) is 19.5 Å². The summed E-state index contributed by atoms with van der Waals surface area (Å²) in [7, 11) is 0. The van der Waals surface area contributed by atoms with Crippen molar-refractivity contribution in [2.45, 2.75) is 45.1 Å². The number of likely N-dealkylation sites (tertiary alicyclic amines) is 1. The molecule has 0 radical (unpaired) electrons. The van der Waals surface area contributed by atoms with Crippen LogP contribution in [-0.2, 0) is 20.8 Å². The van der Waals surface area contributed by atoms with Crippen molar-refractivity contribution < 1.29 is 19.5 Å². The molecule has 0 spiro atoms. The Bertz CT molecular complexity index is 688. The largest absolute Gasteiger partial charge is 0.481 e. The molecule has 3 unspecified atom stereocenters. The Labute approximate surface area is 147 Å². The van der Waals surface area contributed by atoms with Gasteiger partial charge in [0.05, 0.1) is 5.92 Å². The molecule has 2 heterocycles. The lowest BCUT2D eigenvalue weighted by Gasteiger charge is -2.37. The van der Waals surface area contributed by atoms with Crippen LogP contribution in [0.15, 0.2) is 24.3 Å². The Balaban J connectivity index is 1.58. The molecule has 3 rings (SSSR count). The number of fused-ring (bicyclic) bond motifs is 1. The SMILES string of the molecule is CC1CCC(C(=O)O)CN1C(=O)CCC1Cc2ccccc2NC1=O. The maximum Gasteiger partial charge on any atom is 0.308 e. The topological polar surface area (TPSA) is 86.7 Å². The Morgan fingerprint density at radius 1 is 1.28 bits per heavy atom. The van der Waals surface area contributed by atoms with Crippen LogP contribution in [-0.4, -0.2) is 40.4 Å². The highest BCUT2D eigenvalue weighted by Gasteiger charge is 2.33. The number of hydrogen-bond acceptors (Lipinski definition) is 3. The summed E-state index contributed by atoms with van der Waals surface area (Å²) >= 11 is 0. The van der Waals surface area contributed by atoms with Crippen LogP contribution >= 0.6 is 0 Å². The molecule has 0 saturated carbocycles. The van der Waals surface area contributed by atoms with Gasteiger partial charge in [-0.3, -0.25) is 14.4 Å². The predicted molar refractivity (Wildman–Crippen MR) is 93.0 cm³/mol. The summed E-state index contributed by atoms with van der Waals surface area (Å²) in [6.45, 7) is 2.23. The Morgan fingerprint density at radius 2 is 2.04 bits per heavy atom. The second-order valence-corrected chi connectivity index (χ2v) is 7.09. The number of nitrogens with zero attached hydrogens (tertiary/aromatic N) is 1. The second kappa shape index (κ2) is 7.25. The van der Waals surface area contributed by atoms with Gasteiger partial charge in [-0.1, -0.05) is 18.2 Å². The fraction of sp³-hybridized carbons (Fsp3) is 0.526. The van der Waals surface area contributed by atoms with Gasteiger partial charge in [0.15, 0.2) is 0 Å². The third-order valence-corrected chi connectivity index (χ3v) is 5.37. The third-order valence-electron chi connectivity index (χ3n) is 5.37. The van der Waals surface area contributed by atoms with Crippen LogP contribution in [0.5, 0.6) is 0 Å². The van der Waals surface area contributed by atoms with Crippen molar-refractivity contribution >= 4 is 23.5 Å². The standard InChI is InChI=1S/C19H24N2O4/c1-12-6-7-15(19(24)25)11-21(12)17(22)9-8-14-10-13-4-2-3-5-16(13)20-18(14)23/h2-5,12,14-15H,6-11H2,1H3,(H,20,23)(H,24,25). The molecule has 0 bridgehead atoms. The number of carboxylic acid groups (broad SMARTS) is 1. The van der Waals surface area contributed by atoms with Crippen molar-refractivity contribution in [1.82, 2.24) is 4.90 Å². The van der Waals surface area contributed by atoms with Crippen LogP contribution in [0.4, 0.5) is 5.69 Å². The molecule has 1 aromatic carbocycles. The van der Waals surface area contributed by atoms with Gasteiger partial charge in [0.2, 0.25) is 11.8 Å². The monoisotopic (exact) mass is 344 g/mol. The first-order chi connectivity index (χ1) is 12.0. The molecule has 1 aromatic rings. The third kappa shape index (κ3) is 3.83. The maximum atomic E-state index is 12.6. The van der Waals surface area contributed by atoms with Gasteiger partial charge in [-0.2, -0.15) is 0 Å². The number of carbonyl (C=O) groups excluding carboxylic acids is 2. The highest BCUT2D eigenvalue weighted by atomic mass is 16.4. The molecule has 2 aliphatic rings. The number of benzene rings is 1. The van der Waals surface area contributed by atoms with Crippen LogP contribution in [0, 0.1) is 11.8 Å². The highest BCUT2D eigenvalue weighted by Crippen LogP contribution is 2.28. The molecule has 25 heavy (non-hydrogen) atoms. The number of hydrogen-bond donors (Lipinski definition) is 2. The number of rotatable bonds is 4. The zero-order chi connectivity index (χ0) is 18.0. The molecule has 2 amide bonds. The summed E-state index contributed by atoms with van der Waals surface area (Å²) in [6, 6.07) is 7.77. The fourth-order valence-corrected chi connectivity index (χ4v) is 3.74. The smallest absolute Gasteiger partial charge is 0.308 e. The second-order valence-electron chi connectivity index (χ2n) is 7.09. The number of piperidine rings is 1. The number of carbonyl (C=O) groups is 3. The van der Waals surface area contributed by atoms with Gasteiger partial charge in [0.1, 0.15) is 0 Å². The van der Waals surface area contributed by atoms with E-state index in [1.165, 1.54) is 0 Å². The molecule has 0 aromatic heterocycles. The van der Waals surface area contributed by atoms with Crippen LogP contribution in [0.2, 0.25) is 0 Å². The number of amides is 2. The van der Waals surface area contributed by atoms with E-state index in [2.05, 4.69) is 5.32 Å². The normalized spacial score (nSPS) is 25.9. The summed E-state index contributed by atoms with van der Waals surface area (Å²) in [6.07, 6.45) is 2.72. The lowest BCUT2D eigenvalue weighted by atomic mass is 9.89. The first-order valence-corrected chi connectivity index (χ1v) is 8.86. The molecule has 2 N–H and O–H groups in total. The van der Waals surface area contributed by atoms with Crippen LogP contribution in [0.3, 0.4) is 0 Å². The van der Waals surface area contributed by atoms with Gasteiger partial charge in [0, 0.05) is 30.6 Å². The first kappa shape index (κ1) is 17.5. The van der Waals surface area contributed by atoms with Crippen molar-refractivity contribution in [3.05, 3.63) is 29.8 Å². The van der Waals surface area contributed by atoms with E-state index < -0.39 is 11.9 Å². The molecule has 6 heteroatoms. The van der Waals surface area contributed by atoms with Crippen LogP contribution in [0.25, 0.3) is 0 Å². The summed E-state index contributed by atoms with van der Waals surface area (Å²) in [4.78, 5) is 37.7. The Kier molecular flexibility index (Phi) is 5.06. The maximum absolute atomic E-state index is 12.6. The summed E-state index contributed by atoms with van der Waals surface area (Å²) in [5.74, 6) is -1.63. The van der Waals surface area contributed by atoms with Crippen molar-refractivity contribution in [1.29, 1.82) is 0 Å². The average molecular weight is 344 g/mol. The van der Waals surface area contributed by atoms with E-state index in [0.717, 1.165) is 11.3 Å². The van der Waals surface area contributed by atoms with Crippen molar-refractivity contribution in [3.8, 4) is 0 Å². The molecule has 1 fully saturated rings. The van der Waals surface area contributed by atoms with Gasteiger partial charge in [-0.05, 0) is 44.2 Å². The van der Waals surface area contributed by atoms with E-state index in [1.807, 2.05) is 31.2 Å². The van der Waals surface area contributed by atoms with Crippen molar-refractivity contribution in [2.24, 2.45) is 11.8 Å². The van der Waals surface area contributed by atoms with Gasteiger partial charge >= 0.3 is 5.97 Å². The number of aliphatic carboxylic acids is 1. The van der Waals surface area contributed by atoms with E-state index in [1.54, 1.807) is 4.90 Å². The zero-order valence-corrected chi connectivity index (χ0v) is 14.4. The first-order valence-electron chi connectivity index (χ1n) is 8.86. The molecule has 6 nitrogen and oxygen atoms in total. The lowest BCUT2D eigenvalue weighted by molar-refractivity contribution is -0.147. The van der Waals surface area contributed by atoms with Gasteiger partial charge in [0.25, 0.3) is 0 Å². The zero-order valence-electron chi connectivity index (χ0n) is 14.4. The number of anilines is 1. The Morgan fingerprint density at radius 3 is 2.80 bits per heavy atom. The lowest BCUT2D eigenvalue weighted by Crippen LogP contribution is -2.47. The molecule has 1 saturated heterocycles.